The van der Waals surface area contributed by atoms with E-state index in [0.29, 0.717) is 0 Å². The molecule has 0 radical (unpaired) electrons. The number of ether oxygens (including phenoxy) is 2. The van der Waals surface area contributed by atoms with Crippen molar-refractivity contribution >= 4 is 21.5 Å². The van der Waals surface area contributed by atoms with Gasteiger partial charge in [-0.2, -0.15) is 0 Å². The van der Waals surface area contributed by atoms with Crippen molar-refractivity contribution < 1.29 is 19.7 Å². The molecule has 0 heterocycles. The molecule has 2 N–H and O–H groups in total. The van der Waals surface area contributed by atoms with E-state index in [1.807, 2.05) is 13.8 Å². The van der Waals surface area contributed by atoms with E-state index in [1.54, 1.807) is 0 Å². The van der Waals surface area contributed by atoms with Gasteiger partial charge in [-0.15, -0.1) is 0 Å². The molecule has 0 saturated heterocycles. The third-order valence-corrected chi connectivity index (χ3v) is 5.79. The Bertz CT molecular complexity index is 1190. The van der Waals surface area contributed by atoms with Crippen molar-refractivity contribution in [3.8, 4) is 22.6 Å². The second-order valence-corrected chi connectivity index (χ2v) is 8.39. The molecule has 0 bridgehead atoms. The minimum atomic E-state index is -0.0631. The molecule has 0 amide bonds. The number of aliphatic hydroxyl groups is 2. The fraction of sp³-hybridized carbons (Fsp3) is 0.286. The summed E-state index contributed by atoms with van der Waals surface area (Å²) in [7, 11) is 0. The average Bonchev–Trinajstić information content (AvgIpc) is 2.75. The molecular weight excluding hydrogens is 400 g/mol. The Hall–Kier alpha value is -3.08. The molecule has 0 aliphatic carbocycles. The lowest BCUT2D eigenvalue weighted by molar-refractivity contribution is 0.199. The fourth-order valence-corrected chi connectivity index (χ4v) is 4.46. The first-order valence-electron chi connectivity index (χ1n) is 11.0. The highest BCUT2D eigenvalue weighted by Gasteiger charge is 2.22. The van der Waals surface area contributed by atoms with E-state index in [9.17, 15) is 10.2 Å². The maximum absolute atomic E-state index is 9.47. The van der Waals surface area contributed by atoms with Gasteiger partial charge in [0.2, 0.25) is 0 Å². The number of hydrogen-bond donors (Lipinski definition) is 2. The van der Waals surface area contributed by atoms with Crippen LogP contribution in [0, 0.1) is 27.7 Å². The van der Waals surface area contributed by atoms with Gasteiger partial charge in [0, 0.05) is 11.1 Å². The zero-order valence-electron chi connectivity index (χ0n) is 19.2. The van der Waals surface area contributed by atoms with Gasteiger partial charge in [-0.05, 0) is 72.5 Å². The van der Waals surface area contributed by atoms with Gasteiger partial charge in [0.05, 0.1) is 13.2 Å². The zero-order chi connectivity index (χ0) is 22.8. The van der Waals surface area contributed by atoms with Crippen molar-refractivity contribution in [2.75, 3.05) is 26.4 Å². The normalized spacial score (nSPS) is 11.3. The molecule has 4 rings (SSSR count). The smallest absolute Gasteiger partial charge is 0.130 e. The summed E-state index contributed by atoms with van der Waals surface area (Å²) in [6.45, 7) is 8.54. The van der Waals surface area contributed by atoms with Gasteiger partial charge >= 0.3 is 0 Å². The van der Waals surface area contributed by atoms with Gasteiger partial charge in [-0.25, -0.2) is 0 Å². The molecule has 166 valence electrons. The van der Waals surface area contributed by atoms with Gasteiger partial charge in [-0.3, -0.25) is 0 Å². The maximum Gasteiger partial charge on any atom is 0.130 e. The lowest BCUT2D eigenvalue weighted by atomic mass is 9.88. The first kappa shape index (κ1) is 22.1. The Kier molecular flexibility index (Phi) is 6.35. The monoisotopic (exact) mass is 430 g/mol. The van der Waals surface area contributed by atoms with Crippen LogP contribution in [-0.4, -0.2) is 36.6 Å². The topological polar surface area (TPSA) is 58.9 Å². The van der Waals surface area contributed by atoms with E-state index in [2.05, 4.69) is 62.4 Å². The van der Waals surface area contributed by atoms with E-state index >= 15 is 0 Å². The molecule has 4 aromatic carbocycles. The first-order chi connectivity index (χ1) is 15.4. The predicted molar refractivity (Wildman–Crippen MR) is 131 cm³/mol. The van der Waals surface area contributed by atoms with Crippen LogP contribution in [0.2, 0.25) is 0 Å². The zero-order valence-corrected chi connectivity index (χ0v) is 19.2. The standard InChI is InChI=1S/C28H30O4/c1-17-5-7-23-21(13-17)15-19(3)27(31-11-9-29)25(23)26-24-8-6-18(2)14-22(24)16-20(4)28(26)32-12-10-30/h5-8,13-16,29-30H,9-12H2,1-4H3. The maximum atomic E-state index is 9.47. The molecule has 4 nitrogen and oxygen atoms in total. The summed E-state index contributed by atoms with van der Waals surface area (Å²) < 4.78 is 12.3. The predicted octanol–water partition coefficient (Wildman–Crippen LogP) is 5.64. The summed E-state index contributed by atoms with van der Waals surface area (Å²) in [4.78, 5) is 0. The quantitative estimate of drug-likeness (QED) is 0.399. The second-order valence-electron chi connectivity index (χ2n) is 8.39. The Balaban J connectivity index is 2.18. The lowest BCUT2D eigenvalue weighted by Gasteiger charge is -2.22. The molecular formula is C28H30O4. The van der Waals surface area contributed by atoms with E-state index < -0.39 is 0 Å². The van der Waals surface area contributed by atoms with Crippen LogP contribution in [0.5, 0.6) is 11.5 Å². The first-order valence-corrected chi connectivity index (χ1v) is 11.0. The molecule has 0 atom stereocenters. The summed E-state index contributed by atoms with van der Waals surface area (Å²) in [6.07, 6.45) is 0. The number of benzene rings is 4. The van der Waals surface area contributed by atoms with Crippen LogP contribution >= 0.6 is 0 Å². The molecule has 0 aromatic heterocycles. The van der Waals surface area contributed by atoms with Crippen molar-refractivity contribution in [3.05, 3.63) is 70.8 Å². The van der Waals surface area contributed by atoms with Crippen molar-refractivity contribution in [3.63, 3.8) is 0 Å². The number of fused-ring (bicyclic) bond motifs is 2. The van der Waals surface area contributed by atoms with Crippen LogP contribution < -0.4 is 9.47 Å². The Morgan fingerprint density at radius 1 is 0.594 bits per heavy atom. The minimum absolute atomic E-state index is 0.0631. The van der Waals surface area contributed by atoms with Gasteiger partial charge < -0.3 is 19.7 Å². The molecule has 0 unspecified atom stereocenters. The van der Waals surface area contributed by atoms with Crippen LogP contribution in [-0.2, 0) is 0 Å². The van der Waals surface area contributed by atoms with Crippen LogP contribution in [0.25, 0.3) is 32.7 Å². The van der Waals surface area contributed by atoms with Gasteiger partial charge in [0.25, 0.3) is 0 Å². The molecule has 0 saturated carbocycles. The van der Waals surface area contributed by atoms with Crippen LogP contribution in [0.15, 0.2) is 48.5 Å². The Labute approximate surface area is 189 Å². The third-order valence-electron chi connectivity index (χ3n) is 5.79. The summed E-state index contributed by atoms with van der Waals surface area (Å²) in [5.74, 6) is 1.49. The summed E-state index contributed by atoms with van der Waals surface area (Å²) in [5.41, 5.74) is 6.29. The third kappa shape index (κ3) is 4.04. The molecule has 4 aromatic rings. The molecule has 0 fully saturated rings. The summed E-state index contributed by atoms with van der Waals surface area (Å²) in [5, 5.41) is 23.3. The second kappa shape index (κ2) is 9.19. The highest BCUT2D eigenvalue weighted by atomic mass is 16.5. The van der Waals surface area contributed by atoms with Crippen molar-refractivity contribution in [2.24, 2.45) is 0 Å². The SMILES string of the molecule is Cc1ccc2c(-c3c(OCCO)c(C)cc4cc(C)ccc34)c(OCCO)c(C)cc2c1. The largest absolute Gasteiger partial charge is 0.490 e. The highest BCUT2D eigenvalue weighted by molar-refractivity contribution is 6.11. The van der Waals surface area contributed by atoms with Crippen LogP contribution in [0.3, 0.4) is 0 Å². The van der Waals surface area contributed by atoms with Crippen molar-refractivity contribution in [1.82, 2.24) is 0 Å². The lowest BCUT2D eigenvalue weighted by Crippen LogP contribution is -2.07. The average molecular weight is 431 g/mol. The summed E-state index contributed by atoms with van der Waals surface area (Å²) >= 11 is 0. The molecule has 4 heteroatoms. The highest BCUT2D eigenvalue weighted by Crippen LogP contribution is 2.48. The number of aryl methyl sites for hydroxylation is 4. The van der Waals surface area contributed by atoms with E-state index in [0.717, 1.165) is 55.3 Å². The summed E-state index contributed by atoms with van der Waals surface area (Å²) in [6, 6.07) is 17.1. The Morgan fingerprint density at radius 2 is 1.00 bits per heavy atom. The van der Waals surface area contributed by atoms with Gasteiger partial charge in [0.15, 0.2) is 0 Å². The number of hydrogen-bond acceptors (Lipinski definition) is 4. The number of aliphatic hydroxyl groups excluding tert-OH is 2. The van der Waals surface area contributed by atoms with E-state index in [1.165, 1.54) is 11.1 Å². The Morgan fingerprint density at radius 3 is 1.38 bits per heavy atom. The van der Waals surface area contributed by atoms with Gasteiger partial charge in [-0.1, -0.05) is 47.5 Å². The van der Waals surface area contributed by atoms with E-state index in [-0.39, 0.29) is 26.4 Å². The minimum Gasteiger partial charge on any atom is -0.490 e. The number of rotatable bonds is 7. The van der Waals surface area contributed by atoms with Crippen LogP contribution in [0.1, 0.15) is 22.3 Å². The van der Waals surface area contributed by atoms with Gasteiger partial charge in [0.1, 0.15) is 24.7 Å². The fourth-order valence-electron chi connectivity index (χ4n) is 4.46. The molecule has 32 heavy (non-hydrogen) atoms. The van der Waals surface area contributed by atoms with Crippen molar-refractivity contribution in [1.29, 1.82) is 0 Å². The van der Waals surface area contributed by atoms with E-state index in [4.69, 9.17) is 9.47 Å². The molecule has 0 spiro atoms. The van der Waals surface area contributed by atoms with Crippen LogP contribution in [0.4, 0.5) is 0 Å². The molecule has 0 aliphatic heterocycles. The molecule has 0 aliphatic rings. The van der Waals surface area contributed by atoms with Crippen molar-refractivity contribution in [2.45, 2.75) is 27.7 Å².